The van der Waals surface area contributed by atoms with Crippen molar-refractivity contribution in [3.8, 4) is 0 Å². The van der Waals surface area contributed by atoms with Gasteiger partial charge in [-0.15, -0.1) is 5.06 Å². The molecule has 2 aliphatic heterocycles. The van der Waals surface area contributed by atoms with Gasteiger partial charge in [0.2, 0.25) is 29.5 Å². The number of nitrogens with one attached hydrogen (secondary N) is 3. The molecule has 7 amide bonds. The maximum atomic E-state index is 14.6. The number of aromatic amines is 1. The van der Waals surface area contributed by atoms with Gasteiger partial charge in [0.05, 0.1) is 42.7 Å². The van der Waals surface area contributed by atoms with E-state index in [0.717, 1.165) is 16.5 Å². The Morgan fingerprint density at radius 3 is 2.16 bits per heavy atom. The highest BCUT2D eigenvalue weighted by Gasteiger charge is 2.44. The molecule has 0 spiro atoms. The van der Waals surface area contributed by atoms with Crippen molar-refractivity contribution in [3.05, 3.63) is 36.0 Å². The number of fused-ring (bicyclic) bond motifs is 1. The van der Waals surface area contributed by atoms with E-state index in [4.69, 9.17) is 20.0 Å². The lowest BCUT2D eigenvalue weighted by molar-refractivity contribution is -0.197. The second-order valence-electron chi connectivity index (χ2n) is 19.9. The Labute approximate surface area is 413 Å². The lowest BCUT2D eigenvalue weighted by atomic mass is 9.89. The number of methoxy groups -OCH3 is 2. The van der Waals surface area contributed by atoms with Crippen molar-refractivity contribution in [1.29, 1.82) is 0 Å². The summed E-state index contributed by atoms with van der Waals surface area (Å²) in [5.74, 6) is -4.87. The first-order valence-corrected chi connectivity index (χ1v) is 25.0. The number of amides is 7. The van der Waals surface area contributed by atoms with Crippen molar-refractivity contribution in [2.75, 3.05) is 41.4 Å². The summed E-state index contributed by atoms with van der Waals surface area (Å²) in [7, 11) is 6.58. The van der Waals surface area contributed by atoms with Crippen LogP contribution in [0.25, 0.3) is 10.9 Å². The van der Waals surface area contributed by atoms with Crippen LogP contribution in [0.15, 0.2) is 30.5 Å². The first kappa shape index (κ1) is 57.2. The van der Waals surface area contributed by atoms with Crippen LogP contribution in [0.3, 0.4) is 0 Å². The fourth-order valence-corrected chi connectivity index (χ4v) is 10.1. The van der Waals surface area contributed by atoms with E-state index in [0.29, 0.717) is 56.7 Å². The summed E-state index contributed by atoms with van der Waals surface area (Å²) in [6, 6.07) is 4.24. The Balaban J connectivity index is 1.39. The highest BCUT2D eigenvalue weighted by Crippen LogP contribution is 2.30. The average Bonchev–Trinajstić information content (AvgIpc) is 4.05. The molecular weight excluding hydrogens is 901 g/mol. The second kappa shape index (κ2) is 26.7. The Hall–Kier alpha value is -5.40. The second-order valence-corrected chi connectivity index (χ2v) is 19.9. The lowest BCUT2D eigenvalue weighted by Crippen LogP contribution is -2.60. The summed E-state index contributed by atoms with van der Waals surface area (Å²) in [5.41, 5.74) is 7.54. The number of likely N-dealkylation sites (N-methyl/N-ethyl adjacent to an activating group) is 2. The van der Waals surface area contributed by atoms with Crippen LogP contribution < -0.4 is 16.4 Å². The Kier molecular flexibility index (Phi) is 21.8. The summed E-state index contributed by atoms with van der Waals surface area (Å²) in [6.07, 6.45) is 4.35. The minimum absolute atomic E-state index is 0.0297. The van der Waals surface area contributed by atoms with Crippen LogP contribution >= 0.6 is 0 Å². The number of imide groups is 1. The molecular formula is C51H80N8O11. The van der Waals surface area contributed by atoms with Gasteiger partial charge in [-0.1, -0.05) is 79.5 Å². The van der Waals surface area contributed by atoms with Crippen LogP contribution in [0, 0.1) is 23.7 Å². The number of nitrogens with two attached hydrogens (primary N) is 1. The number of rotatable bonds is 28. The van der Waals surface area contributed by atoms with Gasteiger partial charge in [-0.2, -0.15) is 0 Å². The maximum Gasteiger partial charge on any atom is 0.333 e. The number of hydroxylamine groups is 2. The van der Waals surface area contributed by atoms with Gasteiger partial charge in [-0.3, -0.25) is 38.5 Å². The Morgan fingerprint density at radius 1 is 0.886 bits per heavy atom. The van der Waals surface area contributed by atoms with Gasteiger partial charge in [-0.05, 0) is 68.7 Å². The summed E-state index contributed by atoms with van der Waals surface area (Å²) in [5, 5.41) is 7.39. The van der Waals surface area contributed by atoms with Crippen molar-refractivity contribution >= 4 is 58.2 Å². The van der Waals surface area contributed by atoms with Crippen LogP contribution in [0.1, 0.15) is 118 Å². The molecule has 19 heteroatoms. The van der Waals surface area contributed by atoms with Crippen LogP contribution in [-0.2, 0) is 59.1 Å². The molecule has 2 saturated heterocycles. The number of hydrogen-bond donors (Lipinski definition) is 4. The predicted octanol–water partition coefficient (Wildman–Crippen LogP) is 3.87. The molecule has 390 valence electrons. The Morgan fingerprint density at radius 2 is 1.56 bits per heavy atom. The number of aromatic nitrogens is 1. The highest BCUT2D eigenvalue weighted by molar-refractivity contribution is 6.01. The van der Waals surface area contributed by atoms with Crippen LogP contribution in [0.5, 0.6) is 0 Å². The Bertz CT molecular complexity index is 2110. The molecule has 0 bridgehead atoms. The number of benzene rings is 1. The predicted molar refractivity (Wildman–Crippen MR) is 263 cm³/mol. The number of hydrogen-bond acceptors (Lipinski definition) is 12. The van der Waals surface area contributed by atoms with E-state index in [2.05, 4.69) is 15.6 Å². The van der Waals surface area contributed by atoms with E-state index in [1.807, 2.05) is 77.8 Å². The third-order valence-corrected chi connectivity index (χ3v) is 14.2. The highest BCUT2D eigenvalue weighted by atomic mass is 16.7. The molecule has 9 atom stereocenters. The largest absolute Gasteiger partial charge is 0.379 e. The first-order valence-electron chi connectivity index (χ1n) is 25.0. The number of H-pyrrole nitrogens is 1. The SMILES string of the molecule is CC[C@H](C)[C@@H]([C@@H](CC(=O)N1CCC[C@H]1[C@H](OC)[C@@H](C)C(=O)N[C@@H](Cc1c[nH]c2ccccc12)C(N)=O)OC)N(C)C(=O)[C@@H](NC(=O)[C@H](C(C)C)N(C)CCCCCC(=O)ON1C(=O)CCC1=O)C(C)C. The van der Waals surface area contributed by atoms with Crippen molar-refractivity contribution in [1.82, 2.24) is 35.4 Å². The summed E-state index contributed by atoms with van der Waals surface area (Å²) >= 11 is 0. The number of ether oxygens (including phenoxy) is 2. The van der Waals surface area contributed by atoms with Crippen LogP contribution in [0.4, 0.5) is 0 Å². The summed E-state index contributed by atoms with van der Waals surface area (Å²) in [4.78, 5) is 119. The minimum Gasteiger partial charge on any atom is -0.379 e. The average molecular weight is 981 g/mol. The third-order valence-electron chi connectivity index (χ3n) is 14.2. The molecule has 3 heterocycles. The van der Waals surface area contributed by atoms with Crippen LogP contribution in [-0.4, -0.2) is 156 Å². The van der Waals surface area contributed by atoms with Gasteiger partial charge in [0.1, 0.15) is 12.1 Å². The third kappa shape index (κ3) is 14.6. The molecule has 70 heavy (non-hydrogen) atoms. The zero-order valence-corrected chi connectivity index (χ0v) is 43.3. The van der Waals surface area contributed by atoms with Gasteiger partial charge < -0.3 is 45.5 Å². The van der Waals surface area contributed by atoms with Gasteiger partial charge in [0.25, 0.3) is 11.8 Å². The van der Waals surface area contributed by atoms with Crippen molar-refractivity contribution in [3.63, 3.8) is 0 Å². The van der Waals surface area contributed by atoms with Crippen molar-refractivity contribution in [2.24, 2.45) is 29.4 Å². The number of carbonyl (C=O) groups excluding carboxylic acids is 8. The minimum atomic E-state index is -0.978. The summed E-state index contributed by atoms with van der Waals surface area (Å²) < 4.78 is 12.0. The number of unbranched alkanes of at least 4 members (excludes halogenated alkanes) is 2. The van der Waals surface area contributed by atoms with E-state index < -0.39 is 77.9 Å². The number of para-hydroxylation sites is 1. The zero-order valence-electron chi connectivity index (χ0n) is 43.3. The molecule has 1 aromatic carbocycles. The molecule has 2 fully saturated rings. The van der Waals surface area contributed by atoms with E-state index in [1.165, 1.54) is 14.2 Å². The van der Waals surface area contributed by atoms with E-state index >= 15 is 0 Å². The molecule has 4 rings (SSSR count). The molecule has 0 aliphatic carbocycles. The van der Waals surface area contributed by atoms with Gasteiger partial charge in [0.15, 0.2) is 0 Å². The van der Waals surface area contributed by atoms with Crippen molar-refractivity contribution in [2.45, 2.75) is 162 Å². The number of nitrogens with zero attached hydrogens (tertiary/aromatic N) is 4. The number of likely N-dealkylation sites (tertiary alicyclic amines) is 1. The maximum absolute atomic E-state index is 14.6. The van der Waals surface area contributed by atoms with Gasteiger partial charge in [-0.25, -0.2) is 4.79 Å². The fourth-order valence-electron chi connectivity index (χ4n) is 10.1. The molecule has 1 aromatic heterocycles. The monoisotopic (exact) mass is 981 g/mol. The van der Waals surface area contributed by atoms with E-state index in [9.17, 15) is 38.4 Å². The van der Waals surface area contributed by atoms with Crippen molar-refractivity contribution < 1.29 is 52.7 Å². The lowest BCUT2D eigenvalue weighted by Gasteiger charge is -2.41. The molecule has 2 aliphatic rings. The standard InChI is InChI=1S/C51H80N8O11/c1-12-32(6)46(57(9)51(67)44(30(2)3)55-50(66)45(31(4)5)56(8)25-17-13-14-22-43(63)70-59-40(60)23-24-41(59)61)39(68-10)28-42(62)58-26-18-21-38(58)47(69-11)33(7)49(65)54-37(48(52)64)27-34-29-53-36-20-16-15-19-35(34)36/h15-16,19-20,29-33,37-39,44-47,53H,12-14,17-18,21-28H2,1-11H3,(H2,52,64)(H,54,65)(H,55,66)/t32-,33+,37-,38-,39+,44-,45-,46-,47+/m0/s1. The van der Waals surface area contributed by atoms with E-state index in [1.54, 1.807) is 30.0 Å². The molecule has 5 N–H and O–H groups in total. The smallest absolute Gasteiger partial charge is 0.333 e. The zero-order chi connectivity index (χ0) is 52.0. The molecule has 0 unspecified atom stereocenters. The number of carbonyl (C=O) groups is 8. The molecule has 0 radical (unpaired) electrons. The van der Waals surface area contributed by atoms with Crippen LogP contribution in [0.2, 0.25) is 0 Å². The van der Waals surface area contributed by atoms with Gasteiger partial charge >= 0.3 is 5.97 Å². The fraction of sp³-hybridized carbons (Fsp3) is 0.686. The van der Waals surface area contributed by atoms with Gasteiger partial charge in [0, 0.05) is 70.6 Å². The summed E-state index contributed by atoms with van der Waals surface area (Å²) in [6.45, 7) is 14.3. The normalized spacial score (nSPS) is 18.7. The first-order chi connectivity index (χ1) is 33.2. The molecule has 0 saturated carbocycles. The molecule has 19 nitrogen and oxygen atoms in total. The molecule has 2 aromatic rings. The number of primary amides is 1. The quantitative estimate of drug-likeness (QED) is 0.0702. The van der Waals surface area contributed by atoms with E-state index in [-0.39, 0.29) is 67.6 Å². The topological polar surface area (TPSA) is 243 Å².